The number of carbonyl (C=O) groups is 2. The molecule has 1 aliphatic rings. The molecule has 8 nitrogen and oxygen atoms in total. The molecule has 2 heterocycles. The number of hydrogen-bond acceptors (Lipinski definition) is 6. The first kappa shape index (κ1) is 25.0. The molecule has 1 aromatic carbocycles. The first-order valence-electron chi connectivity index (χ1n) is 11.6. The summed E-state index contributed by atoms with van der Waals surface area (Å²) < 4.78 is 17.2. The lowest BCUT2D eigenvalue weighted by Gasteiger charge is -2.37. The number of H-pyrrole nitrogens is 1. The van der Waals surface area contributed by atoms with Crippen molar-refractivity contribution in [3.05, 3.63) is 48.2 Å². The Morgan fingerprint density at radius 2 is 1.94 bits per heavy atom. The fourth-order valence-corrected chi connectivity index (χ4v) is 3.94. The Morgan fingerprint density at radius 3 is 2.76 bits per heavy atom. The molecule has 1 saturated heterocycles. The van der Waals surface area contributed by atoms with E-state index in [4.69, 9.17) is 19.3 Å². The summed E-state index contributed by atoms with van der Waals surface area (Å²) in [7, 11) is 0. The molecule has 2 aromatic rings. The predicted molar refractivity (Wildman–Crippen MR) is 123 cm³/mol. The van der Waals surface area contributed by atoms with Gasteiger partial charge in [-0.05, 0) is 32.3 Å². The molecule has 4 atom stereocenters. The van der Waals surface area contributed by atoms with E-state index in [0.717, 1.165) is 49.4 Å². The lowest BCUT2D eigenvalue weighted by atomic mass is 10.0. The van der Waals surface area contributed by atoms with Crippen molar-refractivity contribution in [2.75, 3.05) is 6.61 Å². The monoisotopic (exact) mass is 459 g/mol. The molecule has 0 aliphatic carbocycles. The number of rotatable bonds is 12. The van der Waals surface area contributed by atoms with Gasteiger partial charge in [-0.1, -0.05) is 43.5 Å². The van der Waals surface area contributed by atoms with Gasteiger partial charge in [0.2, 0.25) is 0 Å². The van der Waals surface area contributed by atoms with Crippen molar-refractivity contribution in [2.24, 2.45) is 0 Å². The highest BCUT2D eigenvalue weighted by molar-refractivity contribution is 6.04. The topological polar surface area (TPSA) is 118 Å². The Morgan fingerprint density at radius 1 is 1.18 bits per heavy atom. The van der Waals surface area contributed by atoms with E-state index in [2.05, 4.69) is 4.98 Å². The van der Waals surface area contributed by atoms with Crippen LogP contribution in [-0.4, -0.2) is 58.3 Å². The minimum Gasteiger partial charge on any atom is -0.478 e. The number of carboxylic acids is 1. The number of allylic oxidation sites excluding steroid dienone is 1. The number of carbonyl (C=O) groups excluding carboxylic acids is 1. The minimum absolute atomic E-state index is 0.254. The van der Waals surface area contributed by atoms with Crippen molar-refractivity contribution in [3.63, 3.8) is 0 Å². The molecule has 3 rings (SSSR count). The minimum atomic E-state index is -0.910. The van der Waals surface area contributed by atoms with Crippen molar-refractivity contribution in [1.29, 1.82) is 0 Å². The molecular weight excluding hydrogens is 426 g/mol. The van der Waals surface area contributed by atoms with Gasteiger partial charge in [-0.25, -0.2) is 9.59 Å². The highest BCUT2D eigenvalue weighted by atomic mass is 16.7. The number of ether oxygens (including phenoxy) is 3. The summed E-state index contributed by atoms with van der Waals surface area (Å²) in [4.78, 5) is 26.1. The number of aliphatic carboxylic acids is 1. The van der Waals surface area contributed by atoms with Crippen LogP contribution in [0.4, 0.5) is 0 Å². The van der Waals surface area contributed by atoms with Crippen LogP contribution >= 0.6 is 0 Å². The van der Waals surface area contributed by atoms with E-state index < -0.39 is 36.5 Å². The van der Waals surface area contributed by atoms with Crippen LogP contribution in [0.25, 0.3) is 10.9 Å². The fourth-order valence-electron chi connectivity index (χ4n) is 3.94. The van der Waals surface area contributed by atoms with Gasteiger partial charge < -0.3 is 29.4 Å². The van der Waals surface area contributed by atoms with Crippen molar-refractivity contribution >= 4 is 22.8 Å². The predicted octanol–water partition coefficient (Wildman–Crippen LogP) is 4.19. The number of aromatic nitrogens is 1. The van der Waals surface area contributed by atoms with Gasteiger partial charge >= 0.3 is 11.9 Å². The summed E-state index contributed by atoms with van der Waals surface area (Å²) in [6.45, 7) is 2.29. The number of aliphatic hydroxyl groups is 1. The Balaban J connectivity index is 1.34. The molecule has 0 radical (unpaired) electrons. The number of esters is 1. The zero-order chi connectivity index (χ0) is 23.6. The van der Waals surface area contributed by atoms with E-state index in [1.165, 1.54) is 6.08 Å². The van der Waals surface area contributed by atoms with Crippen LogP contribution in [-0.2, 0) is 19.0 Å². The summed E-state index contributed by atoms with van der Waals surface area (Å²) in [5.74, 6) is -1.36. The standard InChI is InChI=1S/C25H33NO7/c1-17-22(33-24(30)19-16-26-20-12-9-8-11-18(19)20)15-21(27)25(32-17)31-14-10-6-4-2-3-5-7-13-23(28)29/h7-9,11-13,16-17,21-22,25-27H,2-6,10,14-15H2,1H3,(H,28,29)/b13-7+/t17-,21+,22+,25+/m0/s1. The number of benzene rings is 1. The number of carboxylic acid groups (broad SMARTS) is 1. The molecule has 8 heteroatoms. The molecule has 0 spiro atoms. The number of aromatic amines is 1. The Bertz CT molecular complexity index is 938. The molecule has 0 unspecified atom stereocenters. The van der Waals surface area contributed by atoms with E-state index in [1.807, 2.05) is 31.2 Å². The van der Waals surface area contributed by atoms with Crippen LogP contribution in [0.15, 0.2) is 42.6 Å². The highest BCUT2D eigenvalue weighted by Crippen LogP contribution is 2.26. The third-order valence-corrected chi connectivity index (χ3v) is 5.79. The van der Waals surface area contributed by atoms with Crippen LogP contribution in [0.1, 0.15) is 62.2 Å². The van der Waals surface area contributed by atoms with E-state index >= 15 is 0 Å². The number of hydrogen-bond donors (Lipinski definition) is 3. The summed E-state index contributed by atoms with van der Waals surface area (Å²) in [6.07, 6.45) is 7.84. The first-order chi connectivity index (χ1) is 16.0. The second-order valence-electron chi connectivity index (χ2n) is 8.37. The van der Waals surface area contributed by atoms with Gasteiger partial charge in [-0.3, -0.25) is 0 Å². The SMILES string of the molecule is C[C@@H]1O[C@@H](OCCCCCCC/C=C/C(=O)O)[C@H](O)C[C@H]1OC(=O)c1c[nH]c2ccccc12. The fraction of sp³-hybridized carbons (Fsp3) is 0.520. The third-order valence-electron chi connectivity index (χ3n) is 5.79. The van der Waals surface area contributed by atoms with Crippen LogP contribution in [0.3, 0.4) is 0 Å². The van der Waals surface area contributed by atoms with E-state index in [1.54, 1.807) is 12.3 Å². The van der Waals surface area contributed by atoms with Gasteiger partial charge in [0.05, 0.1) is 11.7 Å². The average molecular weight is 460 g/mol. The van der Waals surface area contributed by atoms with Crippen LogP contribution in [0.5, 0.6) is 0 Å². The molecule has 1 aromatic heterocycles. The third kappa shape index (κ3) is 7.42. The lowest BCUT2D eigenvalue weighted by molar-refractivity contribution is -0.260. The zero-order valence-corrected chi connectivity index (χ0v) is 18.9. The van der Waals surface area contributed by atoms with E-state index in [9.17, 15) is 14.7 Å². The maximum absolute atomic E-state index is 12.7. The molecule has 1 fully saturated rings. The second kappa shape index (κ2) is 12.5. The quantitative estimate of drug-likeness (QED) is 0.247. The average Bonchev–Trinajstić information content (AvgIpc) is 3.22. The number of fused-ring (bicyclic) bond motifs is 1. The van der Waals surface area contributed by atoms with Gasteiger partial charge in [-0.15, -0.1) is 0 Å². The first-order valence-corrected chi connectivity index (χ1v) is 11.6. The van der Waals surface area contributed by atoms with E-state index in [-0.39, 0.29) is 6.42 Å². The van der Waals surface area contributed by atoms with Gasteiger partial charge in [0.1, 0.15) is 12.2 Å². The molecule has 33 heavy (non-hydrogen) atoms. The summed E-state index contributed by atoms with van der Waals surface area (Å²) >= 11 is 0. The van der Waals surface area contributed by atoms with Crippen molar-refractivity contribution in [1.82, 2.24) is 4.98 Å². The van der Waals surface area contributed by atoms with Gasteiger partial charge in [0.15, 0.2) is 6.29 Å². The Hall–Kier alpha value is -2.68. The van der Waals surface area contributed by atoms with Crippen molar-refractivity contribution in [3.8, 4) is 0 Å². The number of aliphatic hydroxyl groups excluding tert-OH is 1. The van der Waals surface area contributed by atoms with Gasteiger partial charge in [0.25, 0.3) is 0 Å². The number of para-hydroxylation sites is 1. The summed E-state index contributed by atoms with van der Waals surface area (Å²) in [5.41, 5.74) is 1.32. The molecule has 0 amide bonds. The van der Waals surface area contributed by atoms with Gasteiger partial charge in [0, 0.05) is 36.2 Å². The van der Waals surface area contributed by atoms with Crippen molar-refractivity contribution < 1.29 is 34.0 Å². The van der Waals surface area contributed by atoms with Gasteiger partial charge in [-0.2, -0.15) is 0 Å². The highest BCUT2D eigenvalue weighted by Gasteiger charge is 2.38. The van der Waals surface area contributed by atoms with Crippen molar-refractivity contribution in [2.45, 2.75) is 76.5 Å². The molecule has 3 N–H and O–H groups in total. The summed E-state index contributed by atoms with van der Waals surface area (Å²) in [6, 6.07) is 7.51. The number of unbranched alkanes of at least 4 members (excludes halogenated alkanes) is 5. The molecule has 0 bridgehead atoms. The second-order valence-corrected chi connectivity index (χ2v) is 8.37. The molecule has 180 valence electrons. The van der Waals surface area contributed by atoms with Crippen LogP contribution in [0, 0.1) is 0 Å². The van der Waals surface area contributed by atoms with Crippen LogP contribution in [0.2, 0.25) is 0 Å². The summed E-state index contributed by atoms with van der Waals surface area (Å²) in [5, 5.41) is 19.8. The largest absolute Gasteiger partial charge is 0.478 e. The smallest absolute Gasteiger partial charge is 0.340 e. The Labute approximate surface area is 193 Å². The number of nitrogens with one attached hydrogen (secondary N) is 1. The van der Waals surface area contributed by atoms with Crippen LogP contribution < -0.4 is 0 Å². The molecule has 1 aliphatic heterocycles. The van der Waals surface area contributed by atoms with E-state index in [0.29, 0.717) is 12.2 Å². The maximum Gasteiger partial charge on any atom is 0.340 e. The normalized spacial score (nSPS) is 23.2. The molecule has 0 saturated carbocycles. The Kier molecular flexibility index (Phi) is 9.47. The lowest BCUT2D eigenvalue weighted by Crippen LogP contribution is -2.48. The maximum atomic E-state index is 12.7. The molecular formula is C25H33NO7. The zero-order valence-electron chi connectivity index (χ0n) is 18.9.